The van der Waals surface area contributed by atoms with Crippen molar-refractivity contribution in [1.29, 1.82) is 0 Å². The van der Waals surface area contributed by atoms with Crippen molar-refractivity contribution in [2.24, 2.45) is 7.05 Å². The van der Waals surface area contributed by atoms with Gasteiger partial charge in [-0.25, -0.2) is 4.79 Å². The first-order valence-electron chi connectivity index (χ1n) is 6.76. The van der Waals surface area contributed by atoms with Gasteiger partial charge >= 0.3 is 5.69 Å². The van der Waals surface area contributed by atoms with E-state index in [0.29, 0.717) is 17.6 Å². The highest BCUT2D eigenvalue weighted by molar-refractivity contribution is 9.10. The second-order valence-electron chi connectivity index (χ2n) is 5.28. The van der Waals surface area contributed by atoms with Gasteiger partial charge in [-0.3, -0.25) is 18.8 Å². The number of rotatable bonds is 4. The SMILES string of the molecule is CC(Br)Cn1c(CN2CCCC2)c(Br)c(=O)n(C)c1=O. The summed E-state index contributed by atoms with van der Waals surface area (Å²) < 4.78 is 3.36. The third-order valence-corrected chi connectivity index (χ3v) is 4.68. The summed E-state index contributed by atoms with van der Waals surface area (Å²) in [6.45, 7) is 5.24. The van der Waals surface area contributed by atoms with Gasteiger partial charge in [0.2, 0.25) is 0 Å². The highest BCUT2D eigenvalue weighted by atomic mass is 79.9. The largest absolute Gasteiger partial charge is 0.331 e. The summed E-state index contributed by atoms with van der Waals surface area (Å²) in [6, 6.07) is 0. The smallest absolute Gasteiger partial charge is 0.298 e. The second-order valence-corrected chi connectivity index (χ2v) is 7.64. The van der Waals surface area contributed by atoms with E-state index in [2.05, 4.69) is 36.8 Å². The molecule has 20 heavy (non-hydrogen) atoms. The molecule has 1 saturated heterocycles. The summed E-state index contributed by atoms with van der Waals surface area (Å²) in [5.74, 6) is 0. The summed E-state index contributed by atoms with van der Waals surface area (Å²) in [5, 5.41) is 0. The summed E-state index contributed by atoms with van der Waals surface area (Å²) in [4.78, 5) is 26.9. The zero-order chi connectivity index (χ0) is 14.9. The van der Waals surface area contributed by atoms with Gasteiger partial charge in [-0.15, -0.1) is 0 Å². The Morgan fingerprint density at radius 1 is 1.25 bits per heavy atom. The van der Waals surface area contributed by atoms with Crippen molar-refractivity contribution in [2.45, 2.75) is 37.7 Å². The summed E-state index contributed by atoms with van der Waals surface area (Å²) in [7, 11) is 1.52. The fourth-order valence-corrected chi connectivity index (χ4v) is 3.41. The molecule has 0 radical (unpaired) electrons. The van der Waals surface area contributed by atoms with Crippen molar-refractivity contribution in [3.8, 4) is 0 Å². The van der Waals surface area contributed by atoms with Gasteiger partial charge in [0.1, 0.15) is 4.47 Å². The van der Waals surface area contributed by atoms with Gasteiger partial charge < -0.3 is 0 Å². The van der Waals surface area contributed by atoms with Crippen molar-refractivity contribution in [3.63, 3.8) is 0 Å². The summed E-state index contributed by atoms with van der Waals surface area (Å²) in [6.07, 6.45) is 2.36. The lowest BCUT2D eigenvalue weighted by Crippen LogP contribution is -2.42. The van der Waals surface area contributed by atoms with E-state index in [-0.39, 0.29) is 16.1 Å². The van der Waals surface area contributed by atoms with Crippen LogP contribution in [0.15, 0.2) is 14.1 Å². The molecule has 0 saturated carbocycles. The predicted octanol–water partition coefficient (Wildman–Crippen LogP) is 1.69. The minimum Gasteiger partial charge on any atom is -0.298 e. The van der Waals surface area contributed by atoms with Gasteiger partial charge in [0.25, 0.3) is 5.56 Å². The number of nitrogens with zero attached hydrogens (tertiary/aromatic N) is 3. The molecule has 0 amide bonds. The Morgan fingerprint density at radius 2 is 1.85 bits per heavy atom. The van der Waals surface area contributed by atoms with Crippen molar-refractivity contribution in [3.05, 3.63) is 31.0 Å². The van der Waals surface area contributed by atoms with Crippen LogP contribution in [0.5, 0.6) is 0 Å². The molecule has 5 nitrogen and oxygen atoms in total. The van der Waals surface area contributed by atoms with E-state index in [0.717, 1.165) is 23.4 Å². The number of hydrogen-bond donors (Lipinski definition) is 0. The monoisotopic (exact) mass is 407 g/mol. The quantitative estimate of drug-likeness (QED) is 0.712. The van der Waals surface area contributed by atoms with Crippen molar-refractivity contribution >= 4 is 31.9 Å². The molecule has 1 aromatic rings. The molecule has 1 aliphatic heterocycles. The number of aromatic nitrogens is 2. The van der Waals surface area contributed by atoms with E-state index in [1.54, 1.807) is 4.57 Å². The zero-order valence-electron chi connectivity index (χ0n) is 11.7. The van der Waals surface area contributed by atoms with Crippen LogP contribution in [0.4, 0.5) is 0 Å². The molecule has 1 aromatic heterocycles. The zero-order valence-corrected chi connectivity index (χ0v) is 14.9. The van der Waals surface area contributed by atoms with E-state index in [1.165, 1.54) is 19.9 Å². The average Bonchev–Trinajstić information content (AvgIpc) is 2.90. The molecule has 7 heteroatoms. The molecule has 0 aliphatic carbocycles. The molecule has 0 bridgehead atoms. The van der Waals surface area contributed by atoms with Crippen LogP contribution < -0.4 is 11.2 Å². The topological polar surface area (TPSA) is 47.2 Å². The van der Waals surface area contributed by atoms with E-state index >= 15 is 0 Å². The van der Waals surface area contributed by atoms with Crippen LogP contribution in [0.25, 0.3) is 0 Å². The van der Waals surface area contributed by atoms with Crippen LogP contribution in [-0.4, -0.2) is 32.0 Å². The van der Waals surface area contributed by atoms with Crippen LogP contribution in [0.2, 0.25) is 0 Å². The standard InChI is InChI=1S/C13H19Br2N3O2/c1-9(14)7-18-10(8-17-5-3-4-6-17)11(15)12(19)16(2)13(18)20/h9H,3-8H2,1-2H3. The van der Waals surface area contributed by atoms with Crippen LogP contribution in [0.3, 0.4) is 0 Å². The normalized spacial score (nSPS) is 17.6. The molecule has 1 unspecified atom stereocenters. The third kappa shape index (κ3) is 3.26. The van der Waals surface area contributed by atoms with Gasteiger partial charge in [-0.1, -0.05) is 22.9 Å². The van der Waals surface area contributed by atoms with Crippen molar-refractivity contribution in [1.82, 2.24) is 14.0 Å². The molecule has 1 atom stereocenters. The van der Waals surface area contributed by atoms with Crippen LogP contribution >= 0.6 is 31.9 Å². The molecule has 112 valence electrons. The van der Waals surface area contributed by atoms with Crippen LogP contribution in [-0.2, 0) is 20.1 Å². The Morgan fingerprint density at radius 3 is 2.40 bits per heavy atom. The Kier molecular flexibility index (Phi) is 5.25. The molecule has 2 heterocycles. The fraction of sp³-hybridized carbons (Fsp3) is 0.692. The van der Waals surface area contributed by atoms with Gasteiger partial charge in [0.15, 0.2) is 0 Å². The third-order valence-electron chi connectivity index (χ3n) is 3.60. The lowest BCUT2D eigenvalue weighted by Gasteiger charge is -2.21. The molecule has 2 rings (SSSR count). The molecule has 0 spiro atoms. The molecule has 1 fully saturated rings. The Labute approximate surface area is 134 Å². The molecule has 0 N–H and O–H groups in total. The highest BCUT2D eigenvalue weighted by Crippen LogP contribution is 2.17. The van der Waals surface area contributed by atoms with Crippen LogP contribution in [0.1, 0.15) is 25.5 Å². The first-order chi connectivity index (χ1) is 9.41. The van der Waals surface area contributed by atoms with Crippen molar-refractivity contribution < 1.29 is 0 Å². The summed E-state index contributed by atoms with van der Waals surface area (Å²) >= 11 is 6.86. The minimum atomic E-state index is -0.261. The van der Waals surface area contributed by atoms with Gasteiger partial charge in [-0.2, -0.15) is 0 Å². The Bertz CT molecular complexity index is 601. The molecular formula is C13H19Br2N3O2. The van der Waals surface area contributed by atoms with E-state index in [4.69, 9.17) is 0 Å². The molecule has 0 aromatic carbocycles. The fourth-order valence-electron chi connectivity index (χ4n) is 2.52. The highest BCUT2D eigenvalue weighted by Gasteiger charge is 2.20. The molecular weight excluding hydrogens is 390 g/mol. The van der Waals surface area contributed by atoms with Crippen LogP contribution in [0, 0.1) is 0 Å². The van der Waals surface area contributed by atoms with Gasteiger partial charge in [0, 0.05) is 25.0 Å². The maximum Gasteiger partial charge on any atom is 0.331 e. The lowest BCUT2D eigenvalue weighted by molar-refractivity contribution is 0.315. The maximum atomic E-state index is 12.3. The molecule has 1 aliphatic rings. The minimum absolute atomic E-state index is 0.168. The number of alkyl halides is 1. The second kappa shape index (κ2) is 6.58. The number of likely N-dealkylation sites (tertiary alicyclic amines) is 1. The van der Waals surface area contributed by atoms with E-state index < -0.39 is 0 Å². The predicted molar refractivity (Wildman–Crippen MR) is 86.5 cm³/mol. The maximum absolute atomic E-state index is 12.3. The summed E-state index contributed by atoms with van der Waals surface area (Å²) in [5.41, 5.74) is 0.271. The Hall–Kier alpha value is -0.400. The number of halogens is 2. The van der Waals surface area contributed by atoms with Gasteiger partial charge in [0.05, 0.1) is 5.69 Å². The lowest BCUT2D eigenvalue weighted by atomic mass is 10.3. The first-order valence-corrected chi connectivity index (χ1v) is 8.47. The number of hydrogen-bond acceptors (Lipinski definition) is 3. The van der Waals surface area contributed by atoms with Crippen molar-refractivity contribution in [2.75, 3.05) is 13.1 Å². The van der Waals surface area contributed by atoms with Gasteiger partial charge in [-0.05, 0) is 41.9 Å². The van der Waals surface area contributed by atoms with E-state index in [9.17, 15) is 9.59 Å². The Balaban J connectivity index is 2.50. The average molecular weight is 409 g/mol. The van der Waals surface area contributed by atoms with E-state index in [1.807, 2.05) is 6.92 Å². The first kappa shape index (κ1) is 16.0.